The first-order chi connectivity index (χ1) is 13.8. The van der Waals surface area contributed by atoms with E-state index in [0.29, 0.717) is 18.4 Å². The van der Waals surface area contributed by atoms with E-state index < -0.39 is 28.8 Å². The third kappa shape index (κ3) is 5.35. The Hall–Kier alpha value is -2.42. The van der Waals surface area contributed by atoms with Crippen molar-refractivity contribution in [3.8, 4) is 0 Å². The highest BCUT2D eigenvalue weighted by atomic mass is 19.2. The van der Waals surface area contributed by atoms with E-state index in [0.717, 1.165) is 31.5 Å². The molecule has 1 aliphatic rings. The van der Waals surface area contributed by atoms with E-state index in [-0.39, 0.29) is 18.7 Å². The van der Waals surface area contributed by atoms with Crippen LogP contribution in [0.1, 0.15) is 31.2 Å². The molecule has 0 atom stereocenters. The van der Waals surface area contributed by atoms with Crippen molar-refractivity contribution in [2.24, 2.45) is 5.92 Å². The zero-order valence-electron chi connectivity index (χ0n) is 16.5. The maximum atomic E-state index is 13.7. The van der Waals surface area contributed by atoms with Crippen LogP contribution in [0.3, 0.4) is 0 Å². The SMILES string of the molecule is CN(C)c1ccnc(NC2CCC(CNCc3c(F)c(F)cc(F)c3F)CC2)n1. The number of nitrogens with zero attached hydrogens (tertiary/aromatic N) is 3. The summed E-state index contributed by atoms with van der Waals surface area (Å²) in [5.41, 5.74) is -0.601. The molecule has 9 heteroatoms. The Balaban J connectivity index is 1.46. The van der Waals surface area contributed by atoms with Crippen molar-refractivity contribution >= 4 is 11.8 Å². The van der Waals surface area contributed by atoms with E-state index in [1.807, 2.05) is 25.1 Å². The molecule has 2 aromatic rings. The molecule has 0 spiro atoms. The lowest BCUT2D eigenvalue weighted by atomic mass is 9.86. The second-order valence-electron chi connectivity index (χ2n) is 7.57. The first kappa shape index (κ1) is 21.3. The molecule has 0 unspecified atom stereocenters. The average Bonchev–Trinajstić information content (AvgIpc) is 2.70. The summed E-state index contributed by atoms with van der Waals surface area (Å²) in [7, 11) is 3.83. The lowest BCUT2D eigenvalue weighted by Crippen LogP contribution is -2.32. The molecule has 0 bridgehead atoms. The number of aromatic nitrogens is 2. The van der Waals surface area contributed by atoms with Gasteiger partial charge in [0.05, 0.1) is 0 Å². The Kier molecular flexibility index (Phi) is 6.89. The van der Waals surface area contributed by atoms with Crippen LogP contribution >= 0.6 is 0 Å². The number of hydrogen-bond acceptors (Lipinski definition) is 5. The van der Waals surface area contributed by atoms with Gasteiger partial charge < -0.3 is 15.5 Å². The summed E-state index contributed by atoms with van der Waals surface area (Å²) in [4.78, 5) is 10.6. The maximum absolute atomic E-state index is 13.7. The summed E-state index contributed by atoms with van der Waals surface area (Å²) in [6.45, 7) is 0.270. The minimum absolute atomic E-state index is 0.223. The Labute approximate surface area is 167 Å². The molecule has 158 valence electrons. The van der Waals surface area contributed by atoms with Gasteiger partial charge in [-0.15, -0.1) is 0 Å². The quantitative estimate of drug-likeness (QED) is 0.535. The van der Waals surface area contributed by atoms with Crippen LogP contribution in [0.4, 0.5) is 29.3 Å². The van der Waals surface area contributed by atoms with Gasteiger partial charge in [0.1, 0.15) is 5.82 Å². The minimum Gasteiger partial charge on any atom is -0.363 e. The molecule has 29 heavy (non-hydrogen) atoms. The van der Waals surface area contributed by atoms with Crippen molar-refractivity contribution in [3.63, 3.8) is 0 Å². The molecule has 0 radical (unpaired) electrons. The fourth-order valence-electron chi connectivity index (χ4n) is 3.54. The smallest absolute Gasteiger partial charge is 0.224 e. The van der Waals surface area contributed by atoms with Gasteiger partial charge in [-0.05, 0) is 44.2 Å². The predicted molar refractivity (Wildman–Crippen MR) is 104 cm³/mol. The first-order valence-corrected chi connectivity index (χ1v) is 9.64. The topological polar surface area (TPSA) is 53.1 Å². The van der Waals surface area contributed by atoms with Crippen LogP contribution in [-0.2, 0) is 6.54 Å². The van der Waals surface area contributed by atoms with E-state index in [1.54, 1.807) is 6.20 Å². The second kappa shape index (κ2) is 9.39. The van der Waals surface area contributed by atoms with Crippen LogP contribution in [0.5, 0.6) is 0 Å². The summed E-state index contributed by atoms with van der Waals surface area (Å²) >= 11 is 0. The fourth-order valence-corrected chi connectivity index (χ4v) is 3.54. The molecular weight excluding hydrogens is 386 g/mol. The third-order valence-electron chi connectivity index (χ3n) is 5.22. The number of benzene rings is 1. The molecule has 2 N–H and O–H groups in total. The highest BCUT2D eigenvalue weighted by molar-refractivity contribution is 5.41. The van der Waals surface area contributed by atoms with Crippen LogP contribution in [0.2, 0.25) is 0 Å². The lowest BCUT2D eigenvalue weighted by Gasteiger charge is -2.29. The summed E-state index contributed by atoms with van der Waals surface area (Å²) < 4.78 is 53.9. The second-order valence-corrected chi connectivity index (χ2v) is 7.57. The Morgan fingerprint density at radius 2 is 1.69 bits per heavy atom. The van der Waals surface area contributed by atoms with Gasteiger partial charge in [0.15, 0.2) is 23.3 Å². The van der Waals surface area contributed by atoms with Gasteiger partial charge in [0.2, 0.25) is 5.95 Å². The third-order valence-corrected chi connectivity index (χ3v) is 5.22. The summed E-state index contributed by atoms with van der Waals surface area (Å²) in [6.07, 6.45) is 5.38. The van der Waals surface area contributed by atoms with Crippen molar-refractivity contribution in [3.05, 3.63) is 47.2 Å². The standard InChI is InChI=1S/C20H25F4N5/c1-29(2)17-7-8-26-20(28-17)27-13-5-3-12(4-6-13)10-25-11-14-18(23)15(21)9-16(22)19(14)24/h7-9,12-13,25H,3-6,10-11H2,1-2H3,(H,26,27,28). The molecule has 0 amide bonds. The van der Waals surface area contributed by atoms with Gasteiger partial charge in [-0.25, -0.2) is 22.5 Å². The Bertz CT molecular complexity index is 812. The van der Waals surface area contributed by atoms with E-state index >= 15 is 0 Å². The molecule has 1 heterocycles. The van der Waals surface area contributed by atoms with Gasteiger partial charge in [-0.3, -0.25) is 0 Å². The molecule has 1 saturated carbocycles. The molecule has 5 nitrogen and oxygen atoms in total. The Morgan fingerprint density at radius 3 is 2.31 bits per heavy atom. The monoisotopic (exact) mass is 411 g/mol. The number of rotatable bonds is 7. The minimum atomic E-state index is -1.38. The zero-order chi connectivity index (χ0) is 21.0. The molecule has 1 aliphatic carbocycles. The number of nitrogens with one attached hydrogen (secondary N) is 2. The van der Waals surface area contributed by atoms with Crippen LogP contribution in [-0.4, -0.2) is 36.6 Å². The summed E-state index contributed by atoms with van der Waals surface area (Å²) in [6, 6.07) is 2.32. The lowest BCUT2D eigenvalue weighted by molar-refractivity contribution is 0.321. The molecule has 0 aliphatic heterocycles. The van der Waals surface area contributed by atoms with Crippen molar-refractivity contribution in [1.29, 1.82) is 0 Å². The highest BCUT2D eigenvalue weighted by Crippen LogP contribution is 2.26. The van der Waals surface area contributed by atoms with E-state index in [1.165, 1.54) is 0 Å². The van der Waals surface area contributed by atoms with Gasteiger partial charge in [0.25, 0.3) is 0 Å². The van der Waals surface area contributed by atoms with Crippen LogP contribution in [0.25, 0.3) is 0 Å². The molecule has 3 rings (SSSR count). The van der Waals surface area contributed by atoms with Crippen molar-refractivity contribution in [2.45, 2.75) is 38.3 Å². The van der Waals surface area contributed by atoms with Crippen molar-refractivity contribution in [1.82, 2.24) is 15.3 Å². The van der Waals surface area contributed by atoms with Gasteiger partial charge in [-0.1, -0.05) is 0 Å². The van der Waals surface area contributed by atoms with Crippen molar-refractivity contribution in [2.75, 3.05) is 30.9 Å². The summed E-state index contributed by atoms with van der Waals surface area (Å²) in [5, 5.41) is 6.28. The normalized spacial score (nSPS) is 19.2. The van der Waals surface area contributed by atoms with Gasteiger partial charge in [0, 0.05) is 44.5 Å². The highest BCUT2D eigenvalue weighted by Gasteiger charge is 2.23. The zero-order valence-corrected chi connectivity index (χ0v) is 16.5. The van der Waals surface area contributed by atoms with E-state index in [9.17, 15) is 17.6 Å². The van der Waals surface area contributed by atoms with Crippen molar-refractivity contribution < 1.29 is 17.6 Å². The fraction of sp³-hybridized carbons (Fsp3) is 0.500. The van der Waals surface area contributed by atoms with Gasteiger partial charge in [-0.2, -0.15) is 4.98 Å². The van der Waals surface area contributed by atoms with Crippen LogP contribution in [0.15, 0.2) is 18.3 Å². The molecule has 1 fully saturated rings. The van der Waals surface area contributed by atoms with E-state index in [4.69, 9.17) is 0 Å². The number of hydrogen-bond donors (Lipinski definition) is 2. The van der Waals surface area contributed by atoms with Crippen LogP contribution in [0, 0.1) is 29.2 Å². The largest absolute Gasteiger partial charge is 0.363 e. The number of halogens is 4. The maximum Gasteiger partial charge on any atom is 0.224 e. The summed E-state index contributed by atoms with van der Waals surface area (Å²) in [5.74, 6) is -3.70. The Morgan fingerprint density at radius 1 is 1.03 bits per heavy atom. The van der Waals surface area contributed by atoms with Crippen LogP contribution < -0.4 is 15.5 Å². The van der Waals surface area contributed by atoms with E-state index in [2.05, 4.69) is 20.6 Å². The average molecular weight is 411 g/mol. The first-order valence-electron chi connectivity index (χ1n) is 9.64. The predicted octanol–water partition coefficient (Wildman–Crippen LogP) is 3.86. The molecular formula is C20H25F4N5. The molecule has 1 aromatic carbocycles. The number of anilines is 2. The molecule has 1 aromatic heterocycles. The van der Waals surface area contributed by atoms with Gasteiger partial charge >= 0.3 is 0 Å². The molecule has 0 saturated heterocycles.